The normalized spacial score (nSPS) is 17.7. The van der Waals surface area contributed by atoms with E-state index in [1.165, 1.54) is 5.56 Å². The van der Waals surface area contributed by atoms with Gasteiger partial charge in [-0.3, -0.25) is 4.98 Å². The Bertz CT molecular complexity index is 853. The lowest BCUT2D eigenvalue weighted by atomic mass is 10.1. The second kappa shape index (κ2) is 7.25. The molecule has 5 heteroatoms. The van der Waals surface area contributed by atoms with E-state index >= 15 is 0 Å². The summed E-state index contributed by atoms with van der Waals surface area (Å²) in [7, 11) is 0. The first-order valence-corrected chi connectivity index (χ1v) is 8.83. The molecule has 0 saturated carbocycles. The number of aryl methyl sites for hydroxylation is 1. The highest BCUT2D eigenvalue weighted by molar-refractivity contribution is 5.89. The summed E-state index contributed by atoms with van der Waals surface area (Å²) < 4.78 is 14.0. The molecule has 130 valence electrons. The van der Waals surface area contributed by atoms with Crippen LogP contribution in [-0.4, -0.2) is 42.0 Å². The van der Waals surface area contributed by atoms with Crippen LogP contribution in [0, 0.1) is 0 Å². The van der Waals surface area contributed by atoms with E-state index < -0.39 is 0 Å². The van der Waals surface area contributed by atoms with Crippen LogP contribution in [0.15, 0.2) is 48.9 Å². The number of hydrogen-bond donors (Lipinski definition) is 1. The molecule has 0 radical (unpaired) electrons. The zero-order valence-corrected chi connectivity index (χ0v) is 14.4. The van der Waals surface area contributed by atoms with Crippen LogP contribution in [0.1, 0.15) is 6.92 Å². The zero-order valence-electron chi connectivity index (χ0n) is 14.4. The molecule has 1 saturated heterocycles. The van der Waals surface area contributed by atoms with Gasteiger partial charge in [0.1, 0.15) is 18.5 Å². The van der Waals surface area contributed by atoms with Gasteiger partial charge in [-0.2, -0.15) is 0 Å². The van der Waals surface area contributed by atoms with Gasteiger partial charge < -0.3 is 19.4 Å². The Balaban J connectivity index is 1.65. The molecule has 0 spiro atoms. The molecule has 0 bridgehead atoms. The first kappa shape index (κ1) is 16.1. The highest BCUT2D eigenvalue weighted by atomic mass is 16.5. The Labute approximate surface area is 147 Å². The third-order valence-corrected chi connectivity index (χ3v) is 4.56. The summed E-state index contributed by atoms with van der Waals surface area (Å²) in [5.74, 6) is 0.860. The van der Waals surface area contributed by atoms with Crippen molar-refractivity contribution in [3.05, 3.63) is 48.9 Å². The first-order chi connectivity index (χ1) is 12.3. The predicted molar refractivity (Wildman–Crippen MR) is 98.9 cm³/mol. The average Bonchev–Trinajstić information content (AvgIpc) is 3.16. The maximum atomic E-state index is 6.14. The average molecular weight is 337 g/mol. The smallest absolute Gasteiger partial charge is 0.129 e. The van der Waals surface area contributed by atoms with E-state index in [1.54, 1.807) is 0 Å². The number of pyridine rings is 1. The molecule has 3 heterocycles. The van der Waals surface area contributed by atoms with E-state index in [2.05, 4.69) is 58.5 Å². The lowest BCUT2D eigenvalue weighted by Crippen LogP contribution is -2.41. The molecule has 2 aromatic heterocycles. The Kier molecular flexibility index (Phi) is 4.68. The minimum absolute atomic E-state index is 0.0882. The van der Waals surface area contributed by atoms with Crippen LogP contribution in [-0.2, 0) is 11.3 Å². The quantitative estimate of drug-likeness (QED) is 0.777. The molecule has 1 atom stereocenters. The number of hydrogen-bond acceptors (Lipinski definition) is 4. The predicted octanol–water partition coefficient (Wildman–Crippen LogP) is 3.09. The maximum absolute atomic E-state index is 6.14. The molecule has 3 aromatic rings. The fourth-order valence-corrected chi connectivity index (χ4v) is 3.15. The summed E-state index contributed by atoms with van der Waals surface area (Å²) in [6, 6.07) is 10.4. The van der Waals surface area contributed by atoms with Gasteiger partial charge in [-0.05, 0) is 48.4 Å². The van der Waals surface area contributed by atoms with E-state index in [4.69, 9.17) is 9.47 Å². The van der Waals surface area contributed by atoms with Gasteiger partial charge in [-0.25, -0.2) is 0 Å². The van der Waals surface area contributed by atoms with Gasteiger partial charge in [-0.1, -0.05) is 0 Å². The fraction of sp³-hybridized carbons (Fsp3) is 0.350. The van der Waals surface area contributed by atoms with Crippen molar-refractivity contribution in [1.82, 2.24) is 14.9 Å². The van der Waals surface area contributed by atoms with Crippen LogP contribution < -0.4 is 10.1 Å². The minimum atomic E-state index is 0.0882. The van der Waals surface area contributed by atoms with Crippen molar-refractivity contribution in [2.24, 2.45) is 0 Å². The summed E-state index contributed by atoms with van der Waals surface area (Å²) in [4.78, 5) is 4.52. The second-order valence-electron chi connectivity index (χ2n) is 6.28. The molecule has 1 fully saturated rings. The molecule has 1 aliphatic rings. The molecule has 1 aliphatic heterocycles. The third-order valence-electron chi connectivity index (χ3n) is 4.56. The van der Waals surface area contributed by atoms with E-state index in [9.17, 15) is 0 Å². The number of benzene rings is 1. The standard InChI is InChI=1S/C20H23N3O2/c1-2-23-8-5-15(13-23)16-10-19-18(4-3-6-22-19)20(11-16)25-14-17-12-21-7-9-24-17/h3-6,8,10-11,13,17,21H,2,7,9,12,14H2,1H3/t17-/m0/s1. The van der Waals surface area contributed by atoms with Crippen molar-refractivity contribution < 1.29 is 9.47 Å². The first-order valence-electron chi connectivity index (χ1n) is 8.83. The summed E-state index contributed by atoms with van der Waals surface area (Å²) in [5, 5.41) is 4.37. The van der Waals surface area contributed by atoms with E-state index in [0.717, 1.165) is 48.5 Å². The minimum Gasteiger partial charge on any atom is -0.490 e. The molecule has 1 aromatic carbocycles. The Morgan fingerprint density at radius 3 is 3.08 bits per heavy atom. The van der Waals surface area contributed by atoms with E-state index in [1.807, 2.05) is 12.3 Å². The van der Waals surface area contributed by atoms with Crippen molar-refractivity contribution in [3.63, 3.8) is 0 Å². The molecule has 0 amide bonds. The summed E-state index contributed by atoms with van der Waals surface area (Å²) in [6.07, 6.45) is 6.16. The van der Waals surface area contributed by atoms with Crippen molar-refractivity contribution in [2.75, 3.05) is 26.3 Å². The lowest BCUT2D eigenvalue weighted by Gasteiger charge is -2.24. The number of rotatable bonds is 5. The SMILES string of the molecule is CCn1ccc(-c2cc(OC[C@@H]3CNCCO3)c3cccnc3c2)c1. The Morgan fingerprint density at radius 1 is 1.32 bits per heavy atom. The second-order valence-corrected chi connectivity index (χ2v) is 6.28. The van der Waals surface area contributed by atoms with Crippen LogP contribution in [0.5, 0.6) is 5.75 Å². The molecule has 4 rings (SSSR count). The van der Waals surface area contributed by atoms with Gasteiger partial charge in [0.25, 0.3) is 0 Å². The Morgan fingerprint density at radius 2 is 2.28 bits per heavy atom. The number of nitrogens with zero attached hydrogens (tertiary/aromatic N) is 2. The molecule has 0 unspecified atom stereocenters. The van der Waals surface area contributed by atoms with Crippen molar-refractivity contribution >= 4 is 10.9 Å². The molecule has 5 nitrogen and oxygen atoms in total. The molecular weight excluding hydrogens is 314 g/mol. The summed E-state index contributed by atoms with van der Waals surface area (Å²) >= 11 is 0. The van der Waals surface area contributed by atoms with Gasteiger partial charge in [0, 0.05) is 43.6 Å². The number of nitrogens with one attached hydrogen (secondary N) is 1. The topological polar surface area (TPSA) is 48.3 Å². The van der Waals surface area contributed by atoms with Gasteiger partial charge in [-0.15, -0.1) is 0 Å². The van der Waals surface area contributed by atoms with Crippen LogP contribution in [0.25, 0.3) is 22.0 Å². The van der Waals surface area contributed by atoms with Crippen LogP contribution in [0.2, 0.25) is 0 Å². The third kappa shape index (κ3) is 3.52. The van der Waals surface area contributed by atoms with Crippen molar-refractivity contribution in [2.45, 2.75) is 19.6 Å². The molecule has 1 N–H and O–H groups in total. The van der Waals surface area contributed by atoms with E-state index in [-0.39, 0.29) is 6.10 Å². The van der Waals surface area contributed by atoms with Gasteiger partial charge in [0.05, 0.1) is 12.1 Å². The Hall–Kier alpha value is -2.37. The number of fused-ring (bicyclic) bond motifs is 1. The monoisotopic (exact) mass is 337 g/mol. The van der Waals surface area contributed by atoms with Gasteiger partial charge in [0.2, 0.25) is 0 Å². The zero-order chi connectivity index (χ0) is 17.1. The summed E-state index contributed by atoms with van der Waals surface area (Å²) in [5.41, 5.74) is 3.24. The number of morpholine rings is 1. The number of ether oxygens (including phenoxy) is 2. The molecular formula is C20H23N3O2. The van der Waals surface area contributed by atoms with Gasteiger partial charge in [0.15, 0.2) is 0 Å². The highest BCUT2D eigenvalue weighted by Gasteiger charge is 2.15. The maximum Gasteiger partial charge on any atom is 0.129 e. The van der Waals surface area contributed by atoms with Crippen LogP contribution >= 0.6 is 0 Å². The molecule has 25 heavy (non-hydrogen) atoms. The van der Waals surface area contributed by atoms with E-state index in [0.29, 0.717) is 6.61 Å². The fourth-order valence-electron chi connectivity index (χ4n) is 3.15. The highest BCUT2D eigenvalue weighted by Crippen LogP contribution is 2.32. The van der Waals surface area contributed by atoms with Crippen LogP contribution in [0.4, 0.5) is 0 Å². The summed E-state index contributed by atoms with van der Waals surface area (Å²) in [6.45, 7) is 6.11. The largest absolute Gasteiger partial charge is 0.490 e. The van der Waals surface area contributed by atoms with Crippen LogP contribution in [0.3, 0.4) is 0 Å². The lowest BCUT2D eigenvalue weighted by molar-refractivity contribution is 0.000518. The van der Waals surface area contributed by atoms with Crippen molar-refractivity contribution in [3.8, 4) is 16.9 Å². The van der Waals surface area contributed by atoms with Gasteiger partial charge >= 0.3 is 0 Å². The number of aromatic nitrogens is 2. The molecule has 0 aliphatic carbocycles. The van der Waals surface area contributed by atoms with Crippen molar-refractivity contribution in [1.29, 1.82) is 0 Å².